The zero-order valence-corrected chi connectivity index (χ0v) is 15.5. The lowest BCUT2D eigenvalue weighted by Gasteiger charge is -2.29. The van der Waals surface area contributed by atoms with Crippen LogP contribution in [0.2, 0.25) is 0 Å². The van der Waals surface area contributed by atoms with Crippen molar-refractivity contribution in [2.75, 3.05) is 13.1 Å². The standard InChI is InChI=1S/C19H23N3O4/c1-19(2,3)26-18(23)21-9-7-13(8-10-21)16-12-20(4)17-6-5-14(22(24)25)11-15(16)17/h5-7,11-12H,8-10H2,1-4H3. The van der Waals surface area contributed by atoms with E-state index in [1.807, 2.05) is 44.7 Å². The van der Waals surface area contributed by atoms with Crippen LogP contribution in [0.1, 0.15) is 32.8 Å². The van der Waals surface area contributed by atoms with E-state index in [-0.39, 0.29) is 16.7 Å². The Balaban J connectivity index is 1.87. The van der Waals surface area contributed by atoms with Gasteiger partial charge in [0, 0.05) is 54.9 Å². The molecule has 3 rings (SSSR count). The van der Waals surface area contributed by atoms with Crippen LogP contribution in [0.25, 0.3) is 16.5 Å². The average Bonchev–Trinajstić information content (AvgIpc) is 2.90. The molecule has 0 fully saturated rings. The predicted molar refractivity (Wildman–Crippen MR) is 100.0 cm³/mol. The molecule has 0 bridgehead atoms. The molecule has 1 aliphatic heterocycles. The fourth-order valence-corrected chi connectivity index (χ4v) is 3.16. The van der Waals surface area contributed by atoms with E-state index in [0.29, 0.717) is 19.5 Å². The third-order valence-electron chi connectivity index (χ3n) is 4.39. The number of carbonyl (C=O) groups is 1. The Morgan fingerprint density at radius 3 is 2.62 bits per heavy atom. The number of hydrogen-bond acceptors (Lipinski definition) is 4. The summed E-state index contributed by atoms with van der Waals surface area (Å²) < 4.78 is 7.38. The molecule has 2 heterocycles. The molecule has 7 nitrogen and oxygen atoms in total. The first kappa shape index (κ1) is 18.0. The number of nitro benzene ring substituents is 1. The van der Waals surface area contributed by atoms with Crippen molar-refractivity contribution in [3.05, 3.63) is 46.1 Å². The molecule has 138 valence electrons. The maximum Gasteiger partial charge on any atom is 0.410 e. The molecule has 0 spiro atoms. The Labute approximate surface area is 152 Å². The summed E-state index contributed by atoms with van der Waals surface area (Å²) in [5.74, 6) is 0. The number of hydrogen-bond donors (Lipinski definition) is 0. The first-order chi connectivity index (χ1) is 12.2. The molecule has 1 aliphatic rings. The van der Waals surface area contributed by atoms with Crippen molar-refractivity contribution in [1.82, 2.24) is 9.47 Å². The summed E-state index contributed by atoms with van der Waals surface area (Å²) in [6, 6.07) is 4.91. The summed E-state index contributed by atoms with van der Waals surface area (Å²) in [5.41, 5.74) is 2.58. The molecule has 0 unspecified atom stereocenters. The normalized spacial score (nSPS) is 15.1. The van der Waals surface area contributed by atoms with Crippen LogP contribution >= 0.6 is 0 Å². The number of nitro groups is 1. The number of ether oxygens (including phenoxy) is 1. The number of carbonyl (C=O) groups excluding carboxylic acids is 1. The van der Waals surface area contributed by atoms with Gasteiger partial charge < -0.3 is 14.2 Å². The van der Waals surface area contributed by atoms with E-state index in [0.717, 1.165) is 22.0 Å². The summed E-state index contributed by atoms with van der Waals surface area (Å²) in [4.78, 5) is 24.6. The second-order valence-corrected chi connectivity index (χ2v) is 7.52. The highest BCUT2D eigenvalue weighted by Crippen LogP contribution is 2.33. The van der Waals surface area contributed by atoms with Crippen LogP contribution in [-0.4, -0.2) is 39.2 Å². The Morgan fingerprint density at radius 2 is 2.04 bits per heavy atom. The van der Waals surface area contributed by atoms with Gasteiger partial charge in [0.05, 0.1) is 4.92 Å². The van der Waals surface area contributed by atoms with E-state index < -0.39 is 5.60 Å². The molecule has 0 saturated carbocycles. The lowest BCUT2D eigenvalue weighted by Crippen LogP contribution is -2.39. The van der Waals surface area contributed by atoms with Gasteiger partial charge in [0.25, 0.3) is 5.69 Å². The number of aryl methyl sites for hydroxylation is 1. The molecular weight excluding hydrogens is 334 g/mol. The molecule has 0 aliphatic carbocycles. The van der Waals surface area contributed by atoms with Gasteiger partial charge in [-0.05, 0) is 38.8 Å². The van der Waals surface area contributed by atoms with Gasteiger partial charge >= 0.3 is 6.09 Å². The average molecular weight is 357 g/mol. The summed E-state index contributed by atoms with van der Waals surface area (Å²) in [5, 5.41) is 12.0. The van der Waals surface area contributed by atoms with Crippen molar-refractivity contribution >= 4 is 28.3 Å². The fourth-order valence-electron chi connectivity index (χ4n) is 3.16. The topological polar surface area (TPSA) is 77.6 Å². The van der Waals surface area contributed by atoms with E-state index in [2.05, 4.69) is 0 Å². The van der Waals surface area contributed by atoms with Crippen molar-refractivity contribution in [3.63, 3.8) is 0 Å². The zero-order valence-electron chi connectivity index (χ0n) is 15.5. The van der Waals surface area contributed by atoms with Crippen LogP contribution in [0.15, 0.2) is 30.5 Å². The van der Waals surface area contributed by atoms with Crippen molar-refractivity contribution in [3.8, 4) is 0 Å². The molecule has 1 amide bonds. The molecule has 0 saturated heterocycles. The van der Waals surface area contributed by atoms with Gasteiger partial charge in [-0.1, -0.05) is 6.08 Å². The molecule has 0 atom stereocenters. The van der Waals surface area contributed by atoms with E-state index in [1.165, 1.54) is 6.07 Å². The van der Waals surface area contributed by atoms with Crippen LogP contribution < -0.4 is 0 Å². The first-order valence-corrected chi connectivity index (χ1v) is 8.56. The Hall–Kier alpha value is -2.83. The number of benzene rings is 1. The third kappa shape index (κ3) is 3.56. The highest BCUT2D eigenvalue weighted by molar-refractivity contribution is 5.94. The summed E-state index contributed by atoms with van der Waals surface area (Å²) in [6.45, 7) is 6.57. The Kier molecular flexibility index (Phi) is 4.48. The number of non-ortho nitro benzene ring substituents is 1. The minimum Gasteiger partial charge on any atom is -0.444 e. The SMILES string of the molecule is Cn1cc(C2=CCN(C(=O)OC(C)(C)C)CC2)c2cc([N+](=O)[O-])ccc21. The van der Waals surface area contributed by atoms with Gasteiger partial charge in [0.2, 0.25) is 0 Å². The fraction of sp³-hybridized carbons (Fsp3) is 0.421. The number of aromatic nitrogens is 1. The molecule has 0 N–H and O–H groups in total. The number of rotatable bonds is 2. The maximum absolute atomic E-state index is 12.2. The van der Waals surface area contributed by atoms with Gasteiger partial charge in [-0.25, -0.2) is 4.79 Å². The van der Waals surface area contributed by atoms with Crippen LogP contribution in [0.5, 0.6) is 0 Å². The summed E-state index contributed by atoms with van der Waals surface area (Å²) in [7, 11) is 1.92. The van der Waals surface area contributed by atoms with Gasteiger partial charge in [0.1, 0.15) is 5.60 Å². The molecule has 2 aromatic rings. The molecule has 1 aromatic carbocycles. The molecule has 7 heteroatoms. The van der Waals surface area contributed by atoms with Crippen molar-refractivity contribution in [1.29, 1.82) is 0 Å². The molecule has 26 heavy (non-hydrogen) atoms. The van der Waals surface area contributed by atoms with Crippen LogP contribution in [0.4, 0.5) is 10.5 Å². The largest absolute Gasteiger partial charge is 0.444 e. The third-order valence-corrected chi connectivity index (χ3v) is 4.39. The van der Waals surface area contributed by atoms with Crippen LogP contribution in [0, 0.1) is 10.1 Å². The second kappa shape index (κ2) is 6.48. The summed E-state index contributed by atoms with van der Waals surface area (Å²) in [6.07, 6.45) is 4.35. The number of amides is 1. The highest BCUT2D eigenvalue weighted by Gasteiger charge is 2.25. The molecule has 0 radical (unpaired) electrons. The van der Waals surface area contributed by atoms with Gasteiger partial charge in [-0.3, -0.25) is 10.1 Å². The highest BCUT2D eigenvalue weighted by atomic mass is 16.6. The number of fused-ring (bicyclic) bond motifs is 1. The monoisotopic (exact) mass is 357 g/mol. The quantitative estimate of drug-likeness (QED) is 0.598. The van der Waals surface area contributed by atoms with E-state index >= 15 is 0 Å². The van der Waals surface area contributed by atoms with Crippen LogP contribution in [-0.2, 0) is 11.8 Å². The van der Waals surface area contributed by atoms with Crippen LogP contribution in [0.3, 0.4) is 0 Å². The minimum atomic E-state index is -0.518. The van der Waals surface area contributed by atoms with E-state index in [1.54, 1.807) is 17.0 Å². The van der Waals surface area contributed by atoms with E-state index in [4.69, 9.17) is 4.74 Å². The minimum absolute atomic E-state index is 0.0803. The predicted octanol–water partition coefficient (Wildman–Crippen LogP) is 4.11. The maximum atomic E-state index is 12.2. The van der Waals surface area contributed by atoms with Gasteiger partial charge in [-0.15, -0.1) is 0 Å². The smallest absolute Gasteiger partial charge is 0.410 e. The molecular formula is C19H23N3O4. The first-order valence-electron chi connectivity index (χ1n) is 8.56. The second-order valence-electron chi connectivity index (χ2n) is 7.52. The van der Waals surface area contributed by atoms with E-state index in [9.17, 15) is 14.9 Å². The lowest BCUT2D eigenvalue weighted by atomic mass is 9.99. The Morgan fingerprint density at radius 1 is 1.31 bits per heavy atom. The Bertz CT molecular complexity index is 905. The zero-order chi connectivity index (χ0) is 19.1. The molecule has 1 aromatic heterocycles. The van der Waals surface area contributed by atoms with Crippen molar-refractivity contribution in [2.24, 2.45) is 7.05 Å². The van der Waals surface area contributed by atoms with Crippen molar-refractivity contribution in [2.45, 2.75) is 32.8 Å². The van der Waals surface area contributed by atoms with Crippen molar-refractivity contribution < 1.29 is 14.5 Å². The van der Waals surface area contributed by atoms with Gasteiger partial charge in [0.15, 0.2) is 0 Å². The number of nitrogens with zero attached hydrogens (tertiary/aromatic N) is 3. The lowest BCUT2D eigenvalue weighted by molar-refractivity contribution is -0.384. The summed E-state index contributed by atoms with van der Waals surface area (Å²) >= 11 is 0. The van der Waals surface area contributed by atoms with Gasteiger partial charge in [-0.2, -0.15) is 0 Å².